The second-order valence-corrected chi connectivity index (χ2v) is 7.72. The van der Waals surface area contributed by atoms with E-state index in [-0.39, 0.29) is 10.8 Å². The fourth-order valence-electron chi connectivity index (χ4n) is 3.58. The summed E-state index contributed by atoms with van der Waals surface area (Å²) in [5.74, 6) is 0. The zero-order valence-electron chi connectivity index (χ0n) is 14.6. The number of benzene rings is 2. The van der Waals surface area contributed by atoms with Gasteiger partial charge in [-0.2, -0.15) is 0 Å². The number of fused-ring (bicyclic) bond motifs is 2. The first kappa shape index (κ1) is 17.4. The van der Waals surface area contributed by atoms with Crippen LogP contribution in [0.15, 0.2) is 30.3 Å². The SMILES string of the molecule is C=O.CC1(C)CCC(C)(C)c2cc3cc(CC=O)ccc3cc21. The second kappa shape index (κ2) is 6.27. The Hall–Kier alpha value is -1.96. The Balaban J connectivity index is 0.000000924. The molecule has 0 radical (unpaired) electrons. The molecule has 122 valence electrons. The van der Waals surface area contributed by atoms with Gasteiger partial charge in [0.15, 0.2) is 0 Å². The molecule has 2 aromatic rings. The van der Waals surface area contributed by atoms with E-state index in [1.807, 2.05) is 6.79 Å². The van der Waals surface area contributed by atoms with E-state index in [9.17, 15) is 4.79 Å². The van der Waals surface area contributed by atoms with Gasteiger partial charge in [-0.1, -0.05) is 58.0 Å². The summed E-state index contributed by atoms with van der Waals surface area (Å²) in [4.78, 5) is 18.7. The summed E-state index contributed by atoms with van der Waals surface area (Å²) in [5.41, 5.74) is 4.56. The molecule has 1 aliphatic carbocycles. The molecule has 0 heterocycles. The average molecular weight is 310 g/mol. The molecule has 0 saturated heterocycles. The van der Waals surface area contributed by atoms with Gasteiger partial charge in [0.2, 0.25) is 0 Å². The van der Waals surface area contributed by atoms with E-state index < -0.39 is 0 Å². The van der Waals surface area contributed by atoms with E-state index in [0.29, 0.717) is 6.42 Å². The predicted molar refractivity (Wildman–Crippen MR) is 96.1 cm³/mol. The minimum absolute atomic E-state index is 0.236. The van der Waals surface area contributed by atoms with E-state index in [4.69, 9.17) is 4.79 Å². The minimum atomic E-state index is 0.236. The van der Waals surface area contributed by atoms with Crippen LogP contribution in [0.1, 0.15) is 57.2 Å². The number of carbonyl (C=O) groups excluding carboxylic acids is 2. The molecule has 2 nitrogen and oxygen atoms in total. The second-order valence-electron chi connectivity index (χ2n) is 7.72. The van der Waals surface area contributed by atoms with Gasteiger partial charge in [0.25, 0.3) is 0 Å². The maximum atomic E-state index is 10.7. The standard InChI is InChI=1S/C20H24O.CH2O/c1-19(2)8-9-20(3,4)18-13-16-11-14(7-10-21)5-6-15(16)12-17(18)19;1-2/h5-6,10-13H,7-9H2,1-4H3;1H2. The van der Waals surface area contributed by atoms with Gasteiger partial charge in [-0.25, -0.2) is 0 Å². The first-order valence-corrected chi connectivity index (χ1v) is 8.14. The van der Waals surface area contributed by atoms with Crippen molar-refractivity contribution < 1.29 is 9.59 Å². The van der Waals surface area contributed by atoms with E-state index in [1.165, 1.54) is 34.7 Å². The van der Waals surface area contributed by atoms with Crippen molar-refractivity contribution in [2.24, 2.45) is 0 Å². The summed E-state index contributed by atoms with van der Waals surface area (Å²) < 4.78 is 0. The molecule has 0 atom stereocenters. The molecule has 0 unspecified atom stereocenters. The van der Waals surface area contributed by atoms with Crippen LogP contribution >= 0.6 is 0 Å². The van der Waals surface area contributed by atoms with E-state index in [0.717, 1.165) is 11.8 Å². The van der Waals surface area contributed by atoms with Crippen LogP contribution in [0.5, 0.6) is 0 Å². The van der Waals surface area contributed by atoms with Crippen molar-refractivity contribution in [3.8, 4) is 0 Å². The largest absolute Gasteiger partial charge is 0.307 e. The fraction of sp³-hybridized carbons (Fsp3) is 0.429. The molecule has 0 saturated carbocycles. The van der Waals surface area contributed by atoms with Gasteiger partial charge in [0.1, 0.15) is 13.1 Å². The Kier molecular flexibility index (Phi) is 4.74. The lowest BCUT2D eigenvalue weighted by Crippen LogP contribution is -2.33. The quantitative estimate of drug-likeness (QED) is 0.750. The first-order valence-electron chi connectivity index (χ1n) is 8.14. The maximum Gasteiger partial charge on any atom is 0.124 e. The summed E-state index contributed by atoms with van der Waals surface area (Å²) in [6, 6.07) is 11.1. The van der Waals surface area contributed by atoms with Crippen LogP contribution in [0.3, 0.4) is 0 Å². The molecule has 0 N–H and O–H groups in total. The number of aldehydes is 1. The molecule has 0 bridgehead atoms. The van der Waals surface area contributed by atoms with Gasteiger partial charge < -0.3 is 9.59 Å². The van der Waals surface area contributed by atoms with Crippen LogP contribution in [0.4, 0.5) is 0 Å². The van der Waals surface area contributed by atoms with Crippen molar-refractivity contribution in [1.29, 1.82) is 0 Å². The average Bonchev–Trinajstić information content (AvgIpc) is 2.53. The van der Waals surface area contributed by atoms with Gasteiger partial charge in [-0.05, 0) is 51.1 Å². The highest BCUT2D eigenvalue weighted by molar-refractivity contribution is 5.86. The number of hydrogen-bond acceptors (Lipinski definition) is 2. The van der Waals surface area contributed by atoms with Crippen molar-refractivity contribution in [3.05, 3.63) is 47.0 Å². The predicted octanol–water partition coefficient (Wildman–Crippen LogP) is 4.75. The number of rotatable bonds is 2. The van der Waals surface area contributed by atoms with Gasteiger partial charge in [0.05, 0.1) is 0 Å². The monoisotopic (exact) mass is 310 g/mol. The zero-order chi connectivity index (χ0) is 17.3. The molecule has 2 aromatic carbocycles. The van der Waals surface area contributed by atoms with Crippen molar-refractivity contribution in [1.82, 2.24) is 0 Å². The van der Waals surface area contributed by atoms with E-state index in [2.05, 4.69) is 58.0 Å². The number of carbonyl (C=O) groups is 2. The Bertz CT molecular complexity index is 726. The summed E-state index contributed by atoms with van der Waals surface area (Å²) in [6.45, 7) is 11.4. The highest BCUT2D eigenvalue weighted by atomic mass is 16.1. The van der Waals surface area contributed by atoms with Crippen LogP contribution in [0.25, 0.3) is 10.8 Å². The van der Waals surface area contributed by atoms with Crippen molar-refractivity contribution in [2.75, 3.05) is 0 Å². The fourth-order valence-corrected chi connectivity index (χ4v) is 3.58. The summed E-state index contributed by atoms with van der Waals surface area (Å²) in [5, 5.41) is 2.55. The molecule has 0 aliphatic heterocycles. The van der Waals surface area contributed by atoms with Gasteiger partial charge in [-0.3, -0.25) is 0 Å². The molecular weight excluding hydrogens is 284 g/mol. The third-order valence-corrected chi connectivity index (χ3v) is 5.19. The van der Waals surface area contributed by atoms with Crippen LogP contribution < -0.4 is 0 Å². The molecule has 3 rings (SSSR count). The van der Waals surface area contributed by atoms with E-state index in [1.54, 1.807) is 0 Å². The third kappa shape index (κ3) is 3.21. The molecule has 0 amide bonds. The van der Waals surface area contributed by atoms with Crippen molar-refractivity contribution in [2.45, 2.75) is 57.8 Å². The van der Waals surface area contributed by atoms with Crippen molar-refractivity contribution >= 4 is 23.8 Å². The summed E-state index contributed by atoms with van der Waals surface area (Å²) in [7, 11) is 0. The molecule has 0 aromatic heterocycles. The molecule has 0 spiro atoms. The molecular formula is C21H26O2. The normalized spacial score (nSPS) is 17.7. The minimum Gasteiger partial charge on any atom is -0.307 e. The summed E-state index contributed by atoms with van der Waals surface area (Å²) >= 11 is 0. The Morgan fingerprint density at radius 1 is 0.913 bits per heavy atom. The Morgan fingerprint density at radius 2 is 1.43 bits per heavy atom. The van der Waals surface area contributed by atoms with E-state index >= 15 is 0 Å². The van der Waals surface area contributed by atoms with Gasteiger partial charge >= 0.3 is 0 Å². The highest BCUT2D eigenvalue weighted by Crippen LogP contribution is 2.46. The van der Waals surface area contributed by atoms with Gasteiger partial charge in [-0.15, -0.1) is 0 Å². The smallest absolute Gasteiger partial charge is 0.124 e. The lowest BCUT2D eigenvalue weighted by Gasteiger charge is -2.42. The summed E-state index contributed by atoms with van der Waals surface area (Å²) in [6.07, 6.45) is 3.95. The molecule has 2 heteroatoms. The Labute approximate surface area is 138 Å². The topological polar surface area (TPSA) is 34.1 Å². The van der Waals surface area contributed by atoms with Crippen molar-refractivity contribution in [3.63, 3.8) is 0 Å². The maximum absolute atomic E-state index is 10.7. The van der Waals surface area contributed by atoms with Crippen LogP contribution in [-0.2, 0) is 26.8 Å². The van der Waals surface area contributed by atoms with Crippen LogP contribution in [0.2, 0.25) is 0 Å². The molecule has 1 aliphatic rings. The van der Waals surface area contributed by atoms with Gasteiger partial charge in [0, 0.05) is 6.42 Å². The third-order valence-electron chi connectivity index (χ3n) is 5.19. The van der Waals surface area contributed by atoms with Crippen LogP contribution in [-0.4, -0.2) is 13.1 Å². The molecule has 0 fully saturated rings. The highest BCUT2D eigenvalue weighted by Gasteiger charge is 2.37. The van der Waals surface area contributed by atoms with Crippen LogP contribution in [0, 0.1) is 0 Å². The lowest BCUT2D eigenvalue weighted by molar-refractivity contribution is -0.107. The number of hydrogen-bond donors (Lipinski definition) is 0. The molecule has 23 heavy (non-hydrogen) atoms. The zero-order valence-corrected chi connectivity index (χ0v) is 14.6. The Morgan fingerprint density at radius 3 is 1.96 bits per heavy atom. The lowest BCUT2D eigenvalue weighted by atomic mass is 9.63. The first-order chi connectivity index (χ1) is 10.8.